The molecule has 0 fully saturated rings. The summed E-state index contributed by atoms with van der Waals surface area (Å²) in [7, 11) is -4.05. The molecule has 0 saturated carbocycles. The van der Waals surface area contributed by atoms with Gasteiger partial charge in [-0.25, -0.2) is 13.2 Å². The van der Waals surface area contributed by atoms with E-state index in [0.717, 1.165) is 12.1 Å². The third-order valence-electron chi connectivity index (χ3n) is 1.49. The van der Waals surface area contributed by atoms with Gasteiger partial charge >= 0.3 is 5.97 Å². The first-order valence-corrected chi connectivity index (χ1v) is 5.42. The Kier molecular flexibility index (Phi) is 3.30. The number of nitrogens with one attached hydrogen (secondary N) is 1. The molecule has 0 unspecified atom stereocenters. The number of furan rings is 1. The quantitative estimate of drug-likeness (QED) is 0.594. The summed E-state index contributed by atoms with van der Waals surface area (Å²) < 4.78 is 29.1. The van der Waals surface area contributed by atoms with E-state index in [1.165, 1.54) is 0 Å². The number of amides is 1. The summed E-state index contributed by atoms with van der Waals surface area (Å²) >= 11 is 0. The van der Waals surface area contributed by atoms with Crippen LogP contribution in [0.15, 0.2) is 21.6 Å². The van der Waals surface area contributed by atoms with Gasteiger partial charge in [-0.1, -0.05) is 0 Å². The van der Waals surface area contributed by atoms with Gasteiger partial charge < -0.3 is 15.3 Å². The average Bonchev–Trinajstić information content (AvgIpc) is 2.64. The molecule has 16 heavy (non-hydrogen) atoms. The Labute approximate surface area is 90.1 Å². The molecule has 8 nitrogen and oxygen atoms in total. The number of nitrogens with two attached hydrogens (primary N) is 1. The van der Waals surface area contributed by atoms with Crippen LogP contribution >= 0.6 is 0 Å². The van der Waals surface area contributed by atoms with Crippen molar-refractivity contribution in [2.45, 2.75) is 5.09 Å². The normalized spacial score (nSPS) is 11.2. The predicted molar refractivity (Wildman–Crippen MR) is 50.1 cm³/mol. The second kappa shape index (κ2) is 4.33. The van der Waals surface area contributed by atoms with Crippen LogP contribution in [-0.2, 0) is 14.8 Å². The highest BCUT2D eigenvalue weighted by atomic mass is 32.2. The van der Waals surface area contributed by atoms with Crippen LogP contribution in [-0.4, -0.2) is 31.9 Å². The summed E-state index contributed by atoms with van der Waals surface area (Å²) in [5.74, 6) is -2.77. The van der Waals surface area contributed by atoms with Gasteiger partial charge in [0.15, 0.2) is 0 Å². The second-order valence-electron chi connectivity index (χ2n) is 2.71. The zero-order valence-corrected chi connectivity index (χ0v) is 8.65. The van der Waals surface area contributed by atoms with Gasteiger partial charge in [0, 0.05) is 0 Å². The van der Waals surface area contributed by atoms with Gasteiger partial charge in [-0.2, -0.15) is 4.72 Å². The number of primary amides is 1. The van der Waals surface area contributed by atoms with Crippen molar-refractivity contribution in [3.05, 3.63) is 17.9 Å². The zero-order valence-electron chi connectivity index (χ0n) is 7.84. The van der Waals surface area contributed by atoms with Gasteiger partial charge in [0.05, 0.1) is 6.54 Å². The molecule has 0 spiro atoms. The first kappa shape index (κ1) is 12.2. The van der Waals surface area contributed by atoms with Crippen LogP contribution in [0, 0.1) is 0 Å². The highest BCUT2D eigenvalue weighted by Gasteiger charge is 2.20. The van der Waals surface area contributed by atoms with E-state index in [-0.39, 0.29) is 0 Å². The molecule has 88 valence electrons. The minimum absolute atomic E-state index is 0.514. The molecule has 1 amide bonds. The lowest BCUT2D eigenvalue weighted by Crippen LogP contribution is -2.33. The number of sulfonamides is 1. The number of carboxylic acids is 1. The molecule has 0 atom stereocenters. The van der Waals surface area contributed by atoms with Crippen molar-refractivity contribution < 1.29 is 27.5 Å². The highest BCUT2D eigenvalue weighted by molar-refractivity contribution is 7.89. The topological polar surface area (TPSA) is 140 Å². The first-order valence-electron chi connectivity index (χ1n) is 3.94. The van der Waals surface area contributed by atoms with E-state index in [4.69, 9.17) is 10.8 Å². The Balaban J connectivity index is 2.90. The van der Waals surface area contributed by atoms with Crippen molar-refractivity contribution in [1.29, 1.82) is 0 Å². The van der Waals surface area contributed by atoms with E-state index in [9.17, 15) is 18.0 Å². The molecule has 0 aromatic carbocycles. The third-order valence-corrected chi connectivity index (χ3v) is 2.77. The lowest BCUT2D eigenvalue weighted by Gasteiger charge is -2.00. The Morgan fingerprint density at radius 3 is 2.50 bits per heavy atom. The van der Waals surface area contributed by atoms with Crippen LogP contribution in [0.1, 0.15) is 10.6 Å². The fourth-order valence-electron chi connectivity index (χ4n) is 0.817. The maximum Gasteiger partial charge on any atom is 0.371 e. The largest absolute Gasteiger partial charge is 0.475 e. The Morgan fingerprint density at radius 2 is 2.06 bits per heavy atom. The van der Waals surface area contributed by atoms with E-state index in [1.54, 1.807) is 0 Å². The summed E-state index contributed by atoms with van der Waals surface area (Å²) in [5.41, 5.74) is 4.74. The molecule has 4 N–H and O–H groups in total. The number of carbonyl (C=O) groups is 2. The molecular weight excluding hydrogens is 240 g/mol. The number of hydrogen-bond acceptors (Lipinski definition) is 5. The highest BCUT2D eigenvalue weighted by Crippen LogP contribution is 2.13. The van der Waals surface area contributed by atoms with Crippen LogP contribution in [0.5, 0.6) is 0 Å². The van der Waals surface area contributed by atoms with Crippen molar-refractivity contribution in [3.8, 4) is 0 Å². The monoisotopic (exact) mass is 248 g/mol. The Morgan fingerprint density at radius 1 is 1.44 bits per heavy atom. The molecule has 0 radical (unpaired) electrons. The standard InChI is InChI=1S/C7H8N2O6S/c8-5(10)3-9-16(13,14)6-2-1-4(15-6)7(11)12/h1-2,9H,3H2,(H2,8,10)(H,11,12). The van der Waals surface area contributed by atoms with Crippen molar-refractivity contribution in [2.75, 3.05) is 6.54 Å². The number of carbonyl (C=O) groups excluding carboxylic acids is 1. The van der Waals surface area contributed by atoms with Gasteiger partial charge in [0.1, 0.15) is 0 Å². The van der Waals surface area contributed by atoms with Crippen molar-refractivity contribution in [1.82, 2.24) is 4.72 Å². The maximum atomic E-state index is 11.4. The number of rotatable bonds is 5. The van der Waals surface area contributed by atoms with Gasteiger partial charge in [-0.05, 0) is 12.1 Å². The van der Waals surface area contributed by atoms with Gasteiger partial charge in [0.25, 0.3) is 10.0 Å². The fraction of sp³-hybridized carbons (Fsp3) is 0.143. The minimum Gasteiger partial charge on any atom is -0.475 e. The fourth-order valence-corrected chi connectivity index (χ4v) is 1.74. The summed E-state index contributed by atoms with van der Waals surface area (Å²) in [6.07, 6.45) is 0. The molecule has 1 heterocycles. The second-order valence-corrected chi connectivity index (χ2v) is 4.41. The summed E-state index contributed by atoms with van der Waals surface area (Å²) in [6, 6.07) is 1.95. The predicted octanol–water partition coefficient (Wildman–Crippen LogP) is -1.26. The van der Waals surface area contributed by atoms with Crippen molar-refractivity contribution in [2.24, 2.45) is 5.73 Å². The molecule has 0 bridgehead atoms. The van der Waals surface area contributed by atoms with E-state index in [0.29, 0.717) is 0 Å². The van der Waals surface area contributed by atoms with Crippen LogP contribution in [0.25, 0.3) is 0 Å². The smallest absolute Gasteiger partial charge is 0.371 e. The molecule has 9 heteroatoms. The number of aromatic carboxylic acids is 1. The van der Waals surface area contributed by atoms with E-state index < -0.39 is 39.3 Å². The summed E-state index contributed by atoms with van der Waals surface area (Å²) in [6.45, 7) is -0.592. The van der Waals surface area contributed by atoms with E-state index in [2.05, 4.69) is 4.42 Å². The third kappa shape index (κ3) is 2.81. The summed E-state index contributed by atoms with van der Waals surface area (Å²) in [5, 5.41) is 7.91. The lowest BCUT2D eigenvalue weighted by atomic mass is 10.5. The number of hydrogen-bond donors (Lipinski definition) is 3. The van der Waals surface area contributed by atoms with E-state index in [1.807, 2.05) is 4.72 Å². The average molecular weight is 248 g/mol. The summed E-state index contributed by atoms with van der Waals surface area (Å²) in [4.78, 5) is 20.8. The molecule has 0 aliphatic rings. The van der Waals surface area contributed by atoms with Crippen LogP contribution in [0.4, 0.5) is 0 Å². The minimum atomic E-state index is -4.05. The van der Waals surface area contributed by atoms with Crippen molar-refractivity contribution >= 4 is 21.9 Å². The van der Waals surface area contributed by atoms with Gasteiger partial charge in [0.2, 0.25) is 16.8 Å². The Hall–Kier alpha value is -1.87. The molecule has 0 aliphatic carbocycles. The molecule has 1 aromatic heterocycles. The van der Waals surface area contributed by atoms with E-state index >= 15 is 0 Å². The first-order chi connectivity index (χ1) is 7.33. The van der Waals surface area contributed by atoms with Crippen LogP contribution in [0.3, 0.4) is 0 Å². The molecule has 1 rings (SSSR count). The SMILES string of the molecule is NC(=O)CNS(=O)(=O)c1ccc(C(=O)O)o1. The zero-order chi connectivity index (χ0) is 12.3. The molecular formula is C7H8N2O6S. The Bertz CT molecular complexity index is 517. The number of carboxylic acid groups (broad SMARTS) is 1. The maximum absolute atomic E-state index is 11.4. The van der Waals surface area contributed by atoms with Crippen LogP contribution in [0.2, 0.25) is 0 Å². The molecule has 1 aromatic rings. The molecule has 0 saturated heterocycles. The lowest BCUT2D eigenvalue weighted by molar-refractivity contribution is -0.116. The van der Waals surface area contributed by atoms with Gasteiger partial charge in [-0.3, -0.25) is 4.79 Å². The van der Waals surface area contributed by atoms with Crippen LogP contribution < -0.4 is 10.5 Å². The molecule has 0 aliphatic heterocycles. The van der Waals surface area contributed by atoms with Gasteiger partial charge in [-0.15, -0.1) is 0 Å². The van der Waals surface area contributed by atoms with Crippen molar-refractivity contribution in [3.63, 3.8) is 0 Å².